The van der Waals surface area contributed by atoms with Crippen LogP contribution < -0.4 is 38.1 Å². The van der Waals surface area contributed by atoms with E-state index in [1.165, 1.54) is 0 Å². The Bertz CT molecular complexity index is 2230. The molecule has 0 aromatic heterocycles. The number of fused-ring (bicyclic) bond motifs is 2. The van der Waals surface area contributed by atoms with E-state index >= 15 is 0 Å². The lowest BCUT2D eigenvalue weighted by molar-refractivity contribution is -0.135. The number of hydrogen-bond acceptors (Lipinski definition) is 7. The van der Waals surface area contributed by atoms with Gasteiger partial charge in [-0.1, -0.05) is 115 Å². The number of nitrogens with two attached hydrogens (primary N) is 2. The van der Waals surface area contributed by atoms with E-state index < -0.39 is 47.8 Å². The van der Waals surface area contributed by atoms with Gasteiger partial charge in [-0.2, -0.15) is 0 Å². The fourth-order valence-electron chi connectivity index (χ4n) is 7.65. The zero-order valence-electron chi connectivity index (χ0n) is 33.3. The normalized spacial score (nSPS) is 15.1. The van der Waals surface area contributed by atoms with Crippen LogP contribution >= 0.6 is 0 Å². The van der Waals surface area contributed by atoms with Gasteiger partial charge in [0.25, 0.3) is 0 Å². The number of rotatable bonds is 19. The van der Waals surface area contributed by atoms with Crippen LogP contribution in [0.4, 0.5) is 0 Å². The van der Waals surface area contributed by atoms with E-state index in [1.807, 2.05) is 115 Å². The van der Waals surface area contributed by atoms with Gasteiger partial charge in [0, 0.05) is 25.2 Å². The summed E-state index contributed by atoms with van der Waals surface area (Å²) in [4.78, 5) is 69.2. The van der Waals surface area contributed by atoms with Gasteiger partial charge in [-0.3, -0.25) is 24.0 Å². The van der Waals surface area contributed by atoms with Crippen molar-refractivity contribution in [2.24, 2.45) is 17.4 Å². The van der Waals surface area contributed by atoms with Crippen LogP contribution in [0.1, 0.15) is 48.8 Å². The van der Waals surface area contributed by atoms with Crippen molar-refractivity contribution < 1.29 is 24.0 Å². The summed E-state index contributed by atoms with van der Waals surface area (Å²) in [5.41, 5.74) is 13.8. The molecule has 1 aliphatic heterocycles. The van der Waals surface area contributed by atoms with Gasteiger partial charge in [-0.05, 0) is 90.0 Å². The summed E-state index contributed by atoms with van der Waals surface area (Å²) in [6.07, 6.45) is 3.22. The highest BCUT2D eigenvalue weighted by Crippen LogP contribution is 2.20. The Kier molecular flexibility index (Phi) is 15.2. The number of hydrogen-bond donors (Lipinski definition) is 7. The standard InChI is InChI=1S/C47H55N7O5/c48-23-9-8-16-39(43(49)55)51-45(57)40(28-31-10-2-1-3-11-31)53-47(59)42(30-33-18-20-35-13-5-7-15-38(35)27-33)54-46(58)41(52-44(56)36-21-24-50-25-22-36)29-32-17-19-34-12-4-6-14-37(34)26-32/h1-7,10-15,17-20,26-27,36,39-42,50H,8-9,16,21-25,28-30,48H2,(H2,49,55)(H,51,57)(H,52,56)(H,53,59)(H,54,58)/t39?,40-,41?,42+/m0/s1. The third kappa shape index (κ3) is 12.2. The highest BCUT2D eigenvalue weighted by atomic mass is 16.2. The molecule has 1 saturated heterocycles. The molecule has 0 radical (unpaired) electrons. The Labute approximate surface area is 345 Å². The van der Waals surface area contributed by atoms with Crippen LogP contribution in [0.3, 0.4) is 0 Å². The molecule has 1 heterocycles. The van der Waals surface area contributed by atoms with Crippen LogP contribution in [0.5, 0.6) is 0 Å². The molecule has 9 N–H and O–H groups in total. The smallest absolute Gasteiger partial charge is 0.243 e. The van der Waals surface area contributed by atoms with Gasteiger partial charge in [0.05, 0.1) is 0 Å². The second kappa shape index (κ2) is 21.1. The lowest BCUT2D eigenvalue weighted by Gasteiger charge is -2.28. The molecule has 0 saturated carbocycles. The molecular weight excluding hydrogens is 743 g/mol. The van der Waals surface area contributed by atoms with Gasteiger partial charge in [0.1, 0.15) is 24.2 Å². The molecule has 5 amide bonds. The predicted molar refractivity (Wildman–Crippen MR) is 231 cm³/mol. The second-order valence-corrected chi connectivity index (χ2v) is 15.4. The zero-order chi connectivity index (χ0) is 41.6. The van der Waals surface area contributed by atoms with Crippen LogP contribution in [-0.2, 0) is 43.2 Å². The first kappa shape index (κ1) is 42.5. The molecule has 1 fully saturated rings. The lowest BCUT2D eigenvalue weighted by atomic mass is 9.95. The largest absolute Gasteiger partial charge is 0.368 e. The minimum absolute atomic E-state index is 0.0933. The average molecular weight is 798 g/mol. The van der Waals surface area contributed by atoms with E-state index in [0.717, 1.165) is 38.2 Å². The van der Waals surface area contributed by atoms with Crippen molar-refractivity contribution >= 4 is 51.1 Å². The number of carbonyl (C=O) groups excluding carboxylic acids is 5. The van der Waals surface area contributed by atoms with E-state index in [9.17, 15) is 24.0 Å². The highest BCUT2D eigenvalue weighted by Gasteiger charge is 2.33. The van der Waals surface area contributed by atoms with E-state index in [4.69, 9.17) is 11.5 Å². The van der Waals surface area contributed by atoms with Crippen molar-refractivity contribution in [2.45, 2.75) is 75.5 Å². The summed E-state index contributed by atoms with van der Waals surface area (Å²) in [5.74, 6) is -2.87. The van der Waals surface area contributed by atoms with Gasteiger partial charge < -0.3 is 38.1 Å². The number of carbonyl (C=O) groups is 5. The predicted octanol–water partition coefficient (Wildman–Crippen LogP) is 3.57. The molecule has 0 bridgehead atoms. The Balaban J connectivity index is 1.29. The third-order valence-electron chi connectivity index (χ3n) is 11.0. The molecule has 5 aromatic carbocycles. The summed E-state index contributed by atoms with van der Waals surface area (Å²) >= 11 is 0. The summed E-state index contributed by atoms with van der Waals surface area (Å²) in [6, 6.07) is 32.5. The molecule has 0 spiro atoms. The maximum absolute atomic E-state index is 14.6. The Hall–Kier alpha value is -6.11. The summed E-state index contributed by atoms with van der Waals surface area (Å²) in [7, 11) is 0. The number of benzene rings is 5. The summed E-state index contributed by atoms with van der Waals surface area (Å²) < 4.78 is 0. The minimum Gasteiger partial charge on any atom is -0.368 e. The van der Waals surface area contributed by atoms with Gasteiger partial charge in [-0.15, -0.1) is 0 Å². The molecule has 0 aliphatic carbocycles. The van der Waals surface area contributed by atoms with Crippen molar-refractivity contribution in [3.63, 3.8) is 0 Å². The van der Waals surface area contributed by atoms with E-state index in [1.54, 1.807) is 0 Å². The number of unbranched alkanes of at least 4 members (excludes halogenated alkanes) is 1. The summed E-state index contributed by atoms with van der Waals surface area (Å²) in [6.45, 7) is 1.85. The first-order valence-electron chi connectivity index (χ1n) is 20.6. The van der Waals surface area contributed by atoms with Crippen molar-refractivity contribution in [3.8, 4) is 0 Å². The van der Waals surface area contributed by atoms with Crippen molar-refractivity contribution in [1.82, 2.24) is 26.6 Å². The number of piperidine rings is 1. The third-order valence-corrected chi connectivity index (χ3v) is 11.0. The lowest BCUT2D eigenvalue weighted by Crippen LogP contribution is -2.59. The molecule has 12 nitrogen and oxygen atoms in total. The molecule has 12 heteroatoms. The molecule has 59 heavy (non-hydrogen) atoms. The van der Waals surface area contributed by atoms with Crippen molar-refractivity contribution in [2.75, 3.05) is 19.6 Å². The molecule has 308 valence electrons. The molecule has 4 atom stereocenters. The van der Waals surface area contributed by atoms with E-state index in [0.29, 0.717) is 51.7 Å². The molecular formula is C47H55N7O5. The highest BCUT2D eigenvalue weighted by molar-refractivity contribution is 5.96. The SMILES string of the molecule is NCCCCC(NC(=O)[C@H](Cc1ccccc1)NC(=O)[C@@H](Cc1ccc2ccccc2c1)NC(=O)C(Cc1ccc2ccccc2c1)NC(=O)C1CCNCC1)C(N)=O. The topological polar surface area (TPSA) is 198 Å². The Morgan fingerprint density at radius 2 is 1.00 bits per heavy atom. The number of primary amides is 1. The average Bonchev–Trinajstić information content (AvgIpc) is 3.25. The zero-order valence-corrected chi connectivity index (χ0v) is 33.3. The molecule has 2 unspecified atom stereocenters. The maximum atomic E-state index is 14.6. The van der Waals surface area contributed by atoms with Crippen LogP contribution in [-0.4, -0.2) is 73.3 Å². The molecule has 6 rings (SSSR count). The number of nitrogens with one attached hydrogen (secondary N) is 5. The van der Waals surface area contributed by atoms with Gasteiger partial charge in [0.2, 0.25) is 29.5 Å². The first-order valence-corrected chi connectivity index (χ1v) is 20.6. The molecule has 1 aliphatic rings. The van der Waals surface area contributed by atoms with Crippen LogP contribution in [0, 0.1) is 5.92 Å². The fraction of sp³-hybridized carbons (Fsp3) is 0.340. The van der Waals surface area contributed by atoms with Gasteiger partial charge in [-0.25, -0.2) is 0 Å². The minimum atomic E-state index is -1.15. The van der Waals surface area contributed by atoms with Crippen LogP contribution in [0.2, 0.25) is 0 Å². The quantitative estimate of drug-likeness (QED) is 0.0620. The first-order chi connectivity index (χ1) is 28.7. The van der Waals surface area contributed by atoms with Crippen LogP contribution in [0.15, 0.2) is 115 Å². The van der Waals surface area contributed by atoms with Crippen LogP contribution in [0.25, 0.3) is 21.5 Å². The van der Waals surface area contributed by atoms with Crippen molar-refractivity contribution in [3.05, 3.63) is 132 Å². The van der Waals surface area contributed by atoms with Gasteiger partial charge in [0.15, 0.2) is 0 Å². The van der Waals surface area contributed by atoms with E-state index in [2.05, 4.69) is 26.6 Å². The summed E-state index contributed by atoms with van der Waals surface area (Å²) in [5, 5.41) is 19.0. The number of amides is 5. The second-order valence-electron chi connectivity index (χ2n) is 15.4. The van der Waals surface area contributed by atoms with Crippen molar-refractivity contribution in [1.29, 1.82) is 0 Å². The van der Waals surface area contributed by atoms with Gasteiger partial charge >= 0.3 is 0 Å². The molecule has 5 aromatic rings. The fourth-order valence-corrected chi connectivity index (χ4v) is 7.65. The van der Waals surface area contributed by atoms with E-state index in [-0.39, 0.29) is 31.1 Å². The Morgan fingerprint density at radius 1 is 0.542 bits per heavy atom. The maximum Gasteiger partial charge on any atom is 0.243 e. The Morgan fingerprint density at radius 3 is 1.51 bits per heavy atom. The monoisotopic (exact) mass is 797 g/mol.